The minimum atomic E-state index is 0.313. The molecule has 0 bridgehead atoms. The molecule has 0 saturated carbocycles. The first-order chi connectivity index (χ1) is 14.6. The molecule has 3 rings (SSSR count). The number of nitrogens with zero attached hydrogens (tertiary/aromatic N) is 3. The van der Waals surface area contributed by atoms with Crippen molar-refractivity contribution in [2.45, 2.75) is 0 Å². The van der Waals surface area contributed by atoms with E-state index in [0.29, 0.717) is 35.0 Å². The SMILES string of the molecule is C#CCN(c1cc(OC)cc(OC)c1)c1ccc2ncc(/C(C=N)=C/NC)cc2n1. The number of methoxy groups -OCH3 is 2. The molecule has 7 heteroatoms. The van der Waals surface area contributed by atoms with E-state index in [9.17, 15) is 0 Å². The smallest absolute Gasteiger partial charge is 0.134 e. The number of aromatic nitrogens is 2. The Balaban J connectivity index is 2.11. The molecule has 2 N–H and O–H groups in total. The lowest BCUT2D eigenvalue weighted by Crippen LogP contribution is -2.18. The minimum Gasteiger partial charge on any atom is -0.497 e. The quantitative estimate of drug-likeness (QED) is 0.443. The highest BCUT2D eigenvalue weighted by Gasteiger charge is 2.14. The molecule has 0 radical (unpaired) electrons. The van der Waals surface area contributed by atoms with Gasteiger partial charge in [0.25, 0.3) is 0 Å². The maximum absolute atomic E-state index is 7.63. The van der Waals surface area contributed by atoms with Crippen LogP contribution in [0.1, 0.15) is 5.56 Å². The summed E-state index contributed by atoms with van der Waals surface area (Å²) in [6.45, 7) is 0.313. The third-order valence-electron chi connectivity index (χ3n) is 4.49. The van der Waals surface area contributed by atoms with Crippen molar-refractivity contribution < 1.29 is 9.47 Å². The van der Waals surface area contributed by atoms with Gasteiger partial charge < -0.3 is 25.1 Å². The van der Waals surface area contributed by atoms with Crippen LogP contribution < -0.4 is 19.7 Å². The van der Waals surface area contributed by atoms with E-state index in [1.807, 2.05) is 35.2 Å². The number of allylic oxidation sites excluding steroid dienone is 1. The van der Waals surface area contributed by atoms with Crippen molar-refractivity contribution in [1.82, 2.24) is 15.3 Å². The lowest BCUT2D eigenvalue weighted by molar-refractivity contribution is 0.394. The third kappa shape index (κ3) is 4.33. The molecule has 0 saturated heterocycles. The van der Waals surface area contributed by atoms with Crippen LogP contribution in [-0.2, 0) is 0 Å². The van der Waals surface area contributed by atoms with Gasteiger partial charge in [0.05, 0.1) is 37.5 Å². The predicted molar refractivity (Wildman–Crippen MR) is 121 cm³/mol. The number of anilines is 2. The van der Waals surface area contributed by atoms with Crippen LogP contribution >= 0.6 is 0 Å². The normalized spacial score (nSPS) is 10.9. The Bertz CT molecular complexity index is 1110. The zero-order chi connectivity index (χ0) is 21.5. The fourth-order valence-electron chi connectivity index (χ4n) is 3.01. The molecule has 0 atom stereocenters. The van der Waals surface area contributed by atoms with Gasteiger partial charge in [0.15, 0.2) is 0 Å². The first kappa shape index (κ1) is 20.7. The van der Waals surface area contributed by atoms with Gasteiger partial charge in [-0.1, -0.05) is 5.92 Å². The van der Waals surface area contributed by atoms with E-state index >= 15 is 0 Å². The second-order valence-corrected chi connectivity index (χ2v) is 6.33. The molecule has 0 amide bonds. The molecule has 3 aromatic rings. The van der Waals surface area contributed by atoms with Gasteiger partial charge in [-0.2, -0.15) is 0 Å². The summed E-state index contributed by atoms with van der Waals surface area (Å²) in [7, 11) is 4.99. The van der Waals surface area contributed by atoms with Crippen LogP contribution in [0.25, 0.3) is 16.6 Å². The lowest BCUT2D eigenvalue weighted by Gasteiger charge is -2.23. The number of benzene rings is 1. The summed E-state index contributed by atoms with van der Waals surface area (Å²) in [6, 6.07) is 11.2. The van der Waals surface area contributed by atoms with Crippen LogP contribution in [0.4, 0.5) is 11.5 Å². The van der Waals surface area contributed by atoms with Gasteiger partial charge in [0.2, 0.25) is 0 Å². The standard InChI is InChI=1S/C23H23N5O2/c1-5-8-28(18-10-19(29-3)12-20(11-18)30-4)23-7-6-21-22(27-23)9-16(15-26-21)17(13-24)14-25-2/h1,6-7,9-15,24-25H,8H2,2-4H3/b17-14+,24-13?. The Hall–Kier alpha value is -4.05. The number of rotatable bonds is 8. The highest BCUT2D eigenvalue weighted by Crippen LogP contribution is 2.32. The Labute approximate surface area is 175 Å². The molecule has 152 valence electrons. The van der Waals surface area contributed by atoms with Crippen LogP contribution in [0.5, 0.6) is 11.5 Å². The second-order valence-electron chi connectivity index (χ2n) is 6.33. The summed E-state index contributed by atoms with van der Waals surface area (Å²) in [4.78, 5) is 11.2. The van der Waals surface area contributed by atoms with Crippen LogP contribution in [-0.4, -0.2) is 44.0 Å². The number of nitrogens with one attached hydrogen (secondary N) is 2. The molecule has 2 heterocycles. The first-order valence-corrected chi connectivity index (χ1v) is 9.22. The van der Waals surface area contributed by atoms with E-state index in [1.165, 1.54) is 6.21 Å². The van der Waals surface area contributed by atoms with Crippen molar-refractivity contribution in [3.05, 3.63) is 54.4 Å². The van der Waals surface area contributed by atoms with Crippen LogP contribution in [0, 0.1) is 17.8 Å². The fraction of sp³-hybridized carbons (Fsp3) is 0.174. The minimum absolute atomic E-state index is 0.313. The number of ether oxygens (including phenoxy) is 2. The van der Waals surface area contributed by atoms with Crippen molar-refractivity contribution in [1.29, 1.82) is 5.41 Å². The van der Waals surface area contributed by atoms with Gasteiger partial charge in [-0.3, -0.25) is 4.98 Å². The summed E-state index contributed by atoms with van der Waals surface area (Å²) in [5.41, 5.74) is 3.75. The van der Waals surface area contributed by atoms with Crippen molar-refractivity contribution in [2.24, 2.45) is 0 Å². The largest absolute Gasteiger partial charge is 0.497 e. The van der Waals surface area contributed by atoms with Crippen LogP contribution in [0.15, 0.2) is 48.8 Å². The van der Waals surface area contributed by atoms with Crippen LogP contribution in [0.2, 0.25) is 0 Å². The number of fused-ring (bicyclic) bond motifs is 1. The van der Waals surface area contributed by atoms with E-state index in [0.717, 1.165) is 16.8 Å². The summed E-state index contributed by atoms with van der Waals surface area (Å²) in [6.07, 6.45) is 10.4. The summed E-state index contributed by atoms with van der Waals surface area (Å²) >= 11 is 0. The zero-order valence-electron chi connectivity index (χ0n) is 17.1. The van der Waals surface area contributed by atoms with Crippen molar-refractivity contribution >= 4 is 34.3 Å². The van der Waals surface area contributed by atoms with Crippen molar-refractivity contribution in [3.8, 4) is 23.8 Å². The van der Waals surface area contributed by atoms with Gasteiger partial charge >= 0.3 is 0 Å². The Morgan fingerprint density at radius 3 is 2.50 bits per heavy atom. The monoisotopic (exact) mass is 401 g/mol. The molecule has 0 aliphatic heterocycles. The van der Waals surface area contributed by atoms with Gasteiger partial charge in [-0.15, -0.1) is 6.42 Å². The maximum Gasteiger partial charge on any atom is 0.134 e. The second kappa shape index (κ2) is 9.43. The molecular formula is C23H23N5O2. The summed E-state index contributed by atoms with van der Waals surface area (Å²) in [5, 5.41) is 10.6. The Kier molecular flexibility index (Phi) is 6.50. The predicted octanol–water partition coefficient (Wildman–Crippen LogP) is 3.63. The van der Waals surface area contributed by atoms with Crippen LogP contribution in [0.3, 0.4) is 0 Å². The highest BCUT2D eigenvalue weighted by atomic mass is 16.5. The molecule has 0 spiro atoms. The number of pyridine rings is 2. The number of hydrogen-bond acceptors (Lipinski definition) is 7. The maximum atomic E-state index is 7.63. The molecule has 0 aliphatic rings. The number of terminal acetylenes is 1. The van der Waals surface area contributed by atoms with Gasteiger partial charge in [0, 0.05) is 55.0 Å². The third-order valence-corrected chi connectivity index (χ3v) is 4.49. The molecule has 2 aromatic heterocycles. The van der Waals surface area contributed by atoms with E-state index in [1.54, 1.807) is 39.7 Å². The highest BCUT2D eigenvalue weighted by molar-refractivity contribution is 6.08. The van der Waals surface area contributed by atoms with Gasteiger partial charge in [0.1, 0.15) is 17.3 Å². The molecular weight excluding hydrogens is 378 g/mol. The Morgan fingerprint density at radius 1 is 1.17 bits per heavy atom. The van der Waals surface area contributed by atoms with Gasteiger partial charge in [-0.05, 0) is 18.2 Å². The molecule has 30 heavy (non-hydrogen) atoms. The summed E-state index contributed by atoms with van der Waals surface area (Å²) in [5.74, 6) is 4.67. The molecule has 0 aliphatic carbocycles. The van der Waals surface area contributed by atoms with Crippen molar-refractivity contribution in [2.75, 3.05) is 32.7 Å². The molecule has 0 unspecified atom stereocenters. The van der Waals surface area contributed by atoms with Crippen molar-refractivity contribution in [3.63, 3.8) is 0 Å². The average molecular weight is 401 g/mol. The molecule has 7 nitrogen and oxygen atoms in total. The first-order valence-electron chi connectivity index (χ1n) is 9.22. The van der Waals surface area contributed by atoms with E-state index < -0.39 is 0 Å². The van der Waals surface area contributed by atoms with E-state index in [2.05, 4.69) is 16.2 Å². The van der Waals surface area contributed by atoms with Gasteiger partial charge in [-0.25, -0.2) is 4.98 Å². The lowest BCUT2D eigenvalue weighted by atomic mass is 10.1. The number of hydrogen-bond donors (Lipinski definition) is 2. The molecule has 0 fully saturated rings. The topological polar surface area (TPSA) is 83.4 Å². The summed E-state index contributed by atoms with van der Waals surface area (Å²) < 4.78 is 10.8. The average Bonchev–Trinajstić information content (AvgIpc) is 2.79. The van der Waals surface area contributed by atoms with E-state index in [-0.39, 0.29) is 0 Å². The fourth-order valence-corrected chi connectivity index (χ4v) is 3.01. The van der Waals surface area contributed by atoms with E-state index in [4.69, 9.17) is 26.3 Å². The zero-order valence-corrected chi connectivity index (χ0v) is 17.1. The Morgan fingerprint density at radius 2 is 1.90 bits per heavy atom. The molecule has 1 aromatic carbocycles.